The lowest BCUT2D eigenvalue weighted by Crippen LogP contribution is -2.60. The van der Waals surface area contributed by atoms with Gasteiger partial charge in [0.05, 0.1) is 14.1 Å². The number of carbonyl (C=O) groups excluding carboxylic acids is 2. The number of benzene rings is 1. The van der Waals surface area contributed by atoms with Gasteiger partial charge in [-0.05, 0) is 5.56 Å². The second-order valence-electron chi connectivity index (χ2n) is 8.13. The summed E-state index contributed by atoms with van der Waals surface area (Å²) in [6, 6.07) is 10.1. The van der Waals surface area contributed by atoms with Crippen molar-refractivity contribution in [1.29, 1.82) is 0 Å². The zero-order valence-electron chi connectivity index (χ0n) is 15.5. The predicted octanol–water partition coefficient (Wildman–Crippen LogP) is 1.63. The molecule has 6 nitrogen and oxygen atoms in total. The van der Waals surface area contributed by atoms with Crippen molar-refractivity contribution in [3.8, 4) is 0 Å². The minimum Gasteiger partial charge on any atom is -0.465 e. The van der Waals surface area contributed by atoms with Crippen LogP contribution in [0.3, 0.4) is 0 Å². The van der Waals surface area contributed by atoms with Crippen molar-refractivity contribution < 1.29 is 28.3 Å². The molecule has 1 aromatic carbocycles. The lowest BCUT2D eigenvalue weighted by molar-refractivity contribution is -0.938. The number of carbonyl (C=O) groups is 2. The number of quaternary nitrogens is 1. The Morgan fingerprint density at radius 3 is 2.35 bits per heavy atom. The highest BCUT2D eigenvalue weighted by atomic mass is 16.6. The number of morpholine rings is 1. The predicted molar refractivity (Wildman–Crippen MR) is 93.3 cm³/mol. The average molecular weight is 360 g/mol. The molecule has 0 amide bonds. The number of piperidine rings is 1. The molecular weight excluding hydrogens is 334 g/mol. The van der Waals surface area contributed by atoms with E-state index in [0.29, 0.717) is 24.3 Å². The molecule has 5 atom stereocenters. The molecule has 0 spiro atoms. The van der Waals surface area contributed by atoms with Crippen molar-refractivity contribution in [2.75, 3.05) is 20.7 Å². The SMILES string of the molecule is CC(=O)OCC(C(=O)OC1CC2C3OC3C(C1)[N+]2(C)C)c1ccccc1. The third-order valence-electron chi connectivity index (χ3n) is 6.26. The van der Waals surface area contributed by atoms with Gasteiger partial charge in [0.2, 0.25) is 0 Å². The van der Waals surface area contributed by atoms with Gasteiger partial charge >= 0.3 is 11.9 Å². The summed E-state index contributed by atoms with van der Waals surface area (Å²) in [5, 5.41) is 0. The molecule has 0 aromatic heterocycles. The van der Waals surface area contributed by atoms with Gasteiger partial charge in [0.25, 0.3) is 0 Å². The maximum Gasteiger partial charge on any atom is 0.317 e. The van der Waals surface area contributed by atoms with Crippen molar-refractivity contribution in [2.45, 2.75) is 56.1 Å². The maximum atomic E-state index is 12.9. The van der Waals surface area contributed by atoms with Gasteiger partial charge in [0, 0.05) is 19.8 Å². The minimum absolute atomic E-state index is 0.00761. The van der Waals surface area contributed by atoms with Crippen LogP contribution in [0.2, 0.25) is 0 Å². The van der Waals surface area contributed by atoms with Gasteiger partial charge in [-0.3, -0.25) is 9.59 Å². The van der Waals surface area contributed by atoms with Gasteiger partial charge in [-0.15, -0.1) is 0 Å². The molecule has 1 aromatic rings. The monoisotopic (exact) mass is 360 g/mol. The van der Waals surface area contributed by atoms with Gasteiger partial charge in [-0.25, -0.2) is 0 Å². The van der Waals surface area contributed by atoms with Gasteiger partial charge in [0.1, 0.15) is 42.9 Å². The Morgan fingerprint density at radius 1 is 1.15 bits per heavy atom. The Kier molecular flexibility index (Phi) is 4.28. The summed E-state index contributed by atoms with van der Waals surface area (Å²) < 4.78 is 17.7. The van der Waals surface area contributed by atoms with Crippen molar-refractivity contribution in [3.63, 3.8) is 0 Å². The van der Waals surface area contributed by atoms with Crippen LogP contribution in [0, 0.1) is 0 Å². The molecule has 26 heavy (non-hydrogen) atoms. The lowest BCUT2D eigenvalue weighted by atomic mass is 9.95. The molecule has 140 valence electrons. The standard InChI is InChI=1S/C20H26NO5/c1-12(22)24-11-15(13-7-5-4-6-8-13)20(23)25-14-9-16-18-19(26-18)17(10-14)21(16,2)3/h4-8,14-19H,9-11H2,1-3H3/q+1. The van der Waals surface area contributed by atoms with E-state index in [9.17, 15) is 9.59 Å². The lowest BCUT2D eigenvalue weighted by Gasteiger charge is -2.45. The molecule has 3 aliphatic rings. The van der Waals surface area contributed by atoms with Crippen molar-refractivity contribution in [3.05, 3.63) is 35.9 Å². The number of hydrogen-bond acceptors (Lipinski definition) is 5. The molecule has 3 saturated heterocycles. The molecular formula is C20H26NO5+. The van der Waals surface area contributed by atoms with Crippen LogP contribution in [-0.2, 0) is 23.8 Å². The fraction of sp³-hybridized carbons (Fsp3) is 0.600. The zero-order chi connectivity index (χ0) is 18.5. The van der Waals surface area contributed by atoms with E-state index in [2.05, 4.69) is 14.1 Å². The van der Waals surface area contributed by atoms with Gasteiger partial charge in [0.15, 0.2) is 0 Å². The first kappa shape index (κ1) is 17.5. The van der Waals surface area contributed by atoms with Crippen molar-refractivity contribution in [2.24, 2.45) is 0 Å². The van der Waals surface area contributed by atoms with Crippen molar-refractivity contribution >= 4 is 11.9 Å². The molecule has 3 fully saturated rings. The molecule has 4 rings (SSSR count). The Labute approximate surface area is 153 Å². The van der Waals surface area contributed by atoms with Crippen LogP contribution in [0.5, 0.6) is 0 Å². The molecule has 5 unspecified atom stereocenters. The minimum atomic E-state index is -0.590. The molecule has 6 heteroatoms. The summed E-state index contributed by atoms with van der Waals surface area (Å²) in [5.41, 5.74) is 0.805. The van der Waals surface area contributed by atoms with Crippen LogP contribution in [0.4, 0.5) is 0 Å². The van der Waals surface area contributed by atoms with E-state index in [1.54, 1.807) is 0 Å². The molecule has 3 heterocycles. The fourth-order valence-corrected chi connectivity index (χ4v) is 4.73. The van der Waals surface area contributed by atoms with Gasteiger partial charge < -0.3 is 18.7 Å². The molecule has 3 aliphatic heterocycles. The first-order chi connectivity index (χ1) is 12.4. The van der Waals surface area contributed by atoms with Crippen LogP contribution in [0.25, 0.3) is 0 Å². The summed E-state index contributed by atoms with van der Waals surface area (Å²) in [6.07, 6.45) is 2.20. The zero-order valence-corrected chi connectivity index (χ0v) is 15.5. The summed E-state index contributed by atoms with van der Waals surface area (Å²) in [7, 11) is 4.49. The van der Waals surface area contributed by atoms with Crippen LogP contribution in [0.15, 0.2) is 30.3 Å². The Morgan fingerprint density at radius 2 is 1.77 bits per heavy atom. The van der Waals surface area contributed by atoms with E-state index < -0.39 is 11.9 Å². The average Bonchev–Trinajstić information content (AvgIpc) is 3.34. The van der Waals surface area contributed by atoms with Crippen LogP contribution >= 0.6 is 0 Å². The maximum absolute atomic E-state index is 12.9. The Balaban J connectivity index is 1.45. The largest absolute Gasteiger partial charge is 0.465 e. The van der Waals surface area contributed by atoms with E-state index >= 15 is 0 Å². The molecule has 0 radical (unpaired) electrons. The summed E-state index contributed by atoms with van der Waals surface area (Å²) in [5.74, 6) is -1.30. The molecule has 2 bridgehead atoms. The van der Waals surface area contributed by atoms with Gasteiger partial charge in [-0.1, -0.05) is 30.3 Å². The molecule has 0 N–H and O–H groups in total. The highest BCUT2D eigenvalue weighted by Crippen LogP contribution is 2.51. The van der Waals surface area contributed by atoms with E-state index in [1.165, 1.54) is 6.92 Å². The Bertz CT molecular complexity index is 683. The first-order valence-corrected chi connectivity index (χ1v) is 9.25. The number of nitrogens with zero attached hydrogens (tertiary/aromatic N) is 1. The van der Waals surface area contributed by atoms with Crippen LogP contribution in [-0.4, -0.2) is 67.5 Å². The fourth-order valence-electron chi connectivity index (χ4n) is 4.73. The van der Waals surface area contributed by atoms with E-state index in [-0.39, 0.29) is 18.7 Å². The Hall–Kier alpha value is -1.92. The summed E-state index contributed by atoms with van der Waals surface area (Å²) in [4.78, 5) is 24.1. The van der Waals surface area contributed by atoms with Gasteiger partial charge in [-0.2, -0.15) is 0 Å². The van der Waals surface area contributed by atoms with E-state index in [4.69, 9.17) is 14.2 Å². The number of fused-ring (bicyclic) bond motifs is 5. The first-order valence-electron chi connectivity index (χ1n) is 9.25. The topological polar surface area (TPSA) is 65.1 Å². The second kappa shape index (κ2) is 6.35. The highest BCUT2D eigenvalue weighted by Gasteiger charge is 2.70. The number of hydrogen-bond donors (Lipinski definition) is 0. The normalized spacial score (nSPS) is 34.5. The summed E-state index contributed by atoms with van der Waals surface area (Å²) in [6.45, 7) is 1.35. The highest BCUT2D eigenvalue weighted by molar-refractivity contribution is 5.79. The number of likely N-dealkylation sites (N-methyl/N-ethyl adjacent to an activating group) is 1. The van der Waals surface area contributed by atoms with Crippen LogP contribution < -0.4 is 0 Å². The smallest absolute Gasteiger partial charge is 0.317 e. The number of epoxide rings is 1. The second-order valence-corrected chi connectivity index (χ2v) is 8.13. The van der Waals surface area contributed by atoms with Crippen molar-refractivity contribution in [1.82, 2.24) is 0 Å². The van der Waals surface area contributed by atoms with E-state index in [1.807, 2.05) is 30.3 Å². The third-order valence-corrected chi connectivity index (χ3v) is 6.26. The number of esters is 2. The third kappa shape index (κ3) is 3.01. The molecule has 0 aliphatic carbocycles. The van der Waals surface area contributed by atoms with Crippen LogP contribution in [0.1, 0.15) is 31.2 Å². The number of rotatable bonds is 5. The number of ether oxygens (including phenoxy) is 3. The quantitative estimate of drug-likeness (QED) is 0.454. The van der Waals surface area contributed by atoms with E-state index in [0.717, 1.165) is 22.9 Å². The molecule has 0 saturated carbocycles. The summed E-state index contributed by atoms with van der Waals surface area (Å²) >= 11 is 0.